The third kappa shape index (κ3) is 4.82. The van der Waals surface area contributed by atoms with Crippen molar-refractivity contribution in [1.29, 1.82) is 0 Å². The van der Waals surface area contributed by atoms with Crippen LogP contribution in [-0.2, 0) is 4.79 Å². The number of hydrogen-bond acceptors (Lipinski definition) is 4. The van der Waals surface area contributed by atoms with Crippen molar-refractivity contribution in [2.24, 2.45) is 5.92 Å². The molecule has 0 unspecified atom stereocenters. The average molecular weight is 353 g/mol. The normalized spacial score (nSPS) is 14.8. The van der Waals surface area contributed by atoms with E-state index < -0.39 is 0 Å². The van der Waals surface area contributed by atoms with E-state index in [1.54, 1.807) is 12.3 Å². The minimum absolute atomic E-state index is 0.0161. The van der Waals surface area contributed by atoms with E-state index in [4.69, 9.17) is 4.74 Å². The summed E-state index contributed by atoms with van der Waals surface area (Å²) in [5.41, 5.74) is 2.84. The Kier molecular flexibility index (Phi) is 6.23. The molecule has 1 aliphatic rings. The predicted octanol–water partition coefficient (Wildman–Crippen LogP) is 4.21. The maximum Gasteiger partial charge on any atom is 0.243 e. The number of ether oxygens (including phenoxy) is 1. The first-order valence-corrected chi connectivity index (χ1v) is 9.33. The Hall–Kier alpha value is -2.40. The molecule has 0 saturated carbocycles. The van der Waals surface area contributed by atoms with E-state index in [2.05, 4.69) is 15.6 Å². The van der Waals surface area contributed by atoms with E-state index in [-0.39, 0.29) is 5.91 Å². The van der Waals surface area contributed by atoms with E-state index in [9.17, 15) is 4.79 Å². The number of carbonyl (C=O) groups excluding carboxylic acids is 1. The lowest BCUT2D eigenvalue weighted by Crippen LogP contribution is -2.28. The Bertz CT molecular complexity index is 755. The van der Waals surface area contributed by atoms with Crippen LogP contribution in [0.2, 0.25) is 0 Å². The summed E-state index contributed by atoms with van der Waals surface area (Å²) in [6.07, 6.45) is 5.44. The van der Waals surface area contributed by atoms with Crippen LogP contribution in [0.5, 0.6) is 11.6 Å². The highest BCUT2D eigenvalue weighted by atomic mass is 16.5. The molecule has 2 aromatic rings. The van der Waals surface area contributed by atoms with Crippen LogP contribution in [0.1, 0.15) is 36.8 Å². The lowest BCUT2D eigenvalue weighted by molar-refractivity contribution is -0.116. The minimum atomic E-state index is 0.0161. The zero-order valence-electron chi connectivity index (χ0n) is 15.5. The Balaban J connectivity index is 1.63. The highest BCUT2D eigenvalue weighted by molar-refractivity contribution is 5.91. The van der Waals surface area contributed by atoms with Gasteiger partial charge in [-0.2, -0.15) is 0 Å². The molecule has 5 heteroatoms. The minimum Gasteiger partial charge on any atom is -0.437 e. The molecule has 2 heterocycles. The van der Waals surface area contributed by atoms with Crippen molar-refractivity contribution >= 4 is 11.6 Å². The molecule has 1 aliphatic heterocycles. The molecule has 0 spiro atoms. The predicted molar refractivity (Wildman–Crippen MR) is 104 cm³/mol. The van der Waals surface area contributed by atoms with Crippen molar-refractivity contribution in [3.8, 4) is 11.6 Å². The Labute approximate surface area is 155 Å². The fraction of sp³-hybridized carbons (Fsp3) is 0.429. The molecule has 1 fully saturated rings. The quantitative estimate of drug-likeness (QED) is 0.816. The van der Waals surface area contributed by atoms with Crippen LogP contribution in [0.25, 0.3) is 0 Å². The maximum absolute atomic E-state index is 12.4. The van der Waals surface area contributed by atoms with Gasteiger partial charge in [-0.25, -0.2) is 4.98 Å². The average Bonchev–Trinajstić information content (AvgIpc) is 2.66. The van der Waals surface area contributed by atoms with Gasteiger partial charge in [-0.15, -0.1) is 0 Å². The topological polar surface area (TPSA) is 63.2 Å². The van der Waals surface area contributed by atoms with E-state index in [1.165, 1.54) is 0 Å². The number of piperidine rings is 1. The fourth-order valence-corrected chi connectivity index (χ4v) is 3.22. The maximum atomic E-state index is 12.4. The molecule has 0 bridgehead atoms. The molecule has 1 aromatic carbocycles. The van der Waals surface area contributed by atoms with Crippen molar-refractivity contribution in [3.63, 3.8) is 0 Å². The SMILES string of the molecule is Cc1cccc(Oc2ncccc2NC(=O)CCC2CCNCC2)c1C. The molecular weight excluding hydrogens is 326 g/mol. The number of nitrogens with zero attached hydrogens (tertiary/aromatic N) is 1. The van der Waals surface area contributed by atoms with Crippen LogP contribution in [0.4, 0.5) is 5.69 Å². The first-order valence-electron chi connectivity index (χ1n) is 9.33. The summed E-state index contributed by atoms with van der Waals surface area (Å²) in [6.45, 7) is 6.18. The van der Waals surface area contributed by atoms with Gasteiger partial charge in [-0.3, -0.25) is 4.79 Å². The Morgan fingerprint density at radius 1 is 1.23 bits per heavy atom. The number of anilines is 1. The van der Waals surface area contributed by atoms with Gasteiger partial charge in [0.05, 0.1) is 0 Å². The summed E-state index contributed by atoms with van der Waals surface area (Å²) in [4.78, 5) is 16.7. The van der Waals surface area contributed by atoms with Crippen molar-refractivity contribution in [2.75, 3.05) is 18.4 Å². The molecule has 1 aromatic heterocycles. The number of aryl methyl sites for hydroxylation is 1. The molecule has 0 aliphatic carbocycles. The summed E-state index contributed by atoms with van der Waals surface area (Å²) < 4.78 is 5.98. The number of hydrogen-bond donors (Lipinski definition) is 2. The summed E-state index contributed by atoms with van der Waals surface area (Å²) in [5, 5.41) is 6.32. The molecule has 0 radical (unpaired) electrons. The van der Waals surface area contributed by atoms with Gasteiger partial charge in [-0.1, -0.05) is 12.1 Å². The van der Waals surface area contributed by atoms with Gasteiger partial charge < -0.3 is 15.4 Å². The molecule has 138 valence electrons. The van der Waals surface area contributed by atoms with Gasteiger partial charge in [0.25, 0.3) is 0 Å². The standard InChI is InChI=1S/C21H27N3O2/c1-15-5-3-7-19(16(15)2)26-21-18(6-4-12-23-21)24-20(25)9-8-17-10-13-22-14-11-17/h3-7,12,17,22H,8-11,13-14H2,1-2H3,(H,24,25). The largest absolute Gasteiger partial charge is 0.437 e. The summed E-state index contributed by atoms with van der Waals surface area (Å²) in [5.74, 6) is 1.84. The van der Waals surface area contributed by atoms with E-state index >= 15 is 0 Å². The molecule has 2 N–H and O–H groups in total. The lowest BCUT2D eigenvalue weighted by atomic mass is 9.93. The second kappa shape index (κ2) is 8.81. The summed E-state index contributed by atoms with van der Waals surface area (Å²) in [6, 6.07) is 9.55. The molecule has 1 saturated heterocycles. The highest BCUT2D eigenvalue weighted by Gasteiger charge is 2.16. The van der Waals surface area contributed by atoms with E-state index in [1.807, 2.05) is 38.1 Å². The van der Waals surface area contributed by atoms with Crippen LogP contribution in [-0.4, -0.2) is 24.0 Å². The lowest BCUT2D eigenvalue weighted by Gasteiger charge is -2.22. The van der Waals surface area contributed by atoms with Crippen molar-refractivity contribution in [3.05, 3.63) is 47.7 Å². The van der Waals surface area contributed by atoms with Gasteiger partial charge in [0.1, 0.15) is 11.4 Å². The van der Waals surface area contributed by atoms with Crippen LogP contribution in [0.15, 0.2) is 36.5 Å². The van der Waals surface area contributed by atoms with Crippen molar-refractivity contribution in [1.82, 2.24) is 10.3 Å². The van der Waals surface area contributed by atoms with Crippen LogP contribution in [0.3, 0.4) is 0 Å². The number of rotatable bonds is 6. The van der Waals surface area contributed by atoms with Crippen LogP contribution in [0, 0.1) is 19.8 Å². The Morgan fingerprint density at radius 2 is 2.04 bits per heavy atom. The zero-order chi connectivity index (χ0) is 18.4. The molecular formula is C21H27N3O2. The van der Waals surface area contributed by atoms with Gasteiger partial charge in [0.2, 0.25) is 11.8 Å². The van der Waals surface area contributed by atoms with Gasteiger partial charge in [-0.05, 0) is 81.4 Å². The Morgan fingerprint density at radius 3 is 2.85 bits per heavy atom. The van der Waals surface area contributed by atoms with Crippen LogP contribution >= 0.6 is 0 Å². The number of aromatic nitrogens is 1. The zero-order valence-corrected chi connectivity index (χ0v) is 15.5. The molecule has 26 heavy (non-hydrogen) atoms. The molecule has 0 atom stereocenters. The van der Waals surface area contributed by atoms with E-state index in [0.29, 0.717) is 23.9 Å². The number of pyridine rings is 1. The first-order chi connectivity index (χ1) is 12.6. The third-order valence-corrected chi connectivity index (χ3v) is 5.05. The second-order valence-electron chi connectivity index (χ2n) is 6.94. The van der Waals surface area contributed by atoms with Crippen molar-refractivity contribution in [2.45, 2.75) is 39.5 Å². The molecule has 5 nitrogen and oxygen atoms in total. The smallest absolute Gasteiger partial charge is 0.243 e. The van der Waals surface area contributed by atoms with Gasteiger partial charge in [0, 0.05) is 12.6 Å². The number of benzene rings is 1. The van der Waals surface area contributed by atoms with Crippen molar-refractivity contribution < 1.29 is 9.53 Å². The van der Waals surface area contributed by atoms with Gasteiger partial charge in [0.15, 0.2) is 0 Å². The highest BCUT2D eigenvalue weighted by Crippen LogP contribution is 2.30. The second-order valence-corrected chi connectivity index (χ2v) is 6.94. The summed E-state index contributed by atoms with van der Waals surface area (Å²) >= 11 is 0. The van der Waals surface area contributed by atoms with Gasteiger partial charge >= 0.3 is 0 Å². The summed E-state index contributed by atoms with van der Waals surface area (Å²) in [7, 11) is 0. The fourth-order valence-electron chi connectivity index (χ4n) is 3.22. The molecule has 3 rings (SSSR count). The number of nitrogens with one attached hydrogen (secondary N) is 2. The number of carbonyl (C=O) groups is 1. The third-order valence-electron chi connectivity index (χ3n) is 5.05. The monoisotopic (exact) mass is 353 g/mol. The van der Waals surface area contributed by atoms with E-state index in [0.717, 1.165) is 49.2 Å². The first kappa shape index (κ1) is 18.4. The van der Waals surface area contributed by atoms with Crippen LogP contribution < -0.4 is 15.4 Å². The number of amides is 1. The molecule has 1 amide bonds.